The van der Waals surface area contributed by atoms with E-state index < -0.39 is 34.8 Å². The molecule has 0 aliphatic rings. The van der Waals surface area contributed by atoms with Gasteiger partial charge in [0.15, 0.2) is 29.0 Å². The van der Waals surface area contributed by atoms with Crippen LogP contribution in [0.2, 0.25) is 0 Å². The van der Waals surface area contributed by atoms with Crippen LogP contribution in [0.5, 0.6) is 0 Å². The Labute approximate surface area is 104 Å². The first kappa shape index (κ1) is 13.3. The van der Waals surface area contributed by atoms with Crippen LogP contribution in [0.3, 0.4) is 0 Å². The zero-order valence-electron chi connectivity index (χ0n) is 9.53. The minimum Gasteiger partial charge on any atom is -0.373 e. The summed E-state index contributed by atoms with van der Waals surface area (Å²) in [6.45, 7) is 1.35. The van der Waals surface area contributed by atoms with Crippen molar-refractivity contribution < 1.29 is 26.5 Å². The fraction of sp³-hybridized carbons (Fsp3) is 0.182. The summed E-state index contributed by atoms with van der Waals surface area (Å²) < 4.78 is 69.9. The number of nitrogens with one attached hydrogen (secondary N) is 1. The Morgan fingerprint density at radius 2 is 1.53 bits per heavy atom. The molecule has 1 aromatic heterocycles. The van der Waals surface area contributed by atoms with E-state index in [0.29, 0.717) is 5.69 Å². The standard InChI is InChI=1S/C11H7F5N2O/c1-4-2-5(19-18-4)3-17-11-9(15)7(13)6(12)8(14)10(11)16/h2,17H,3H2,1H3. The number of hydrogen-bond donors (Lipinski definition) is 1. The second-order valence-electron chi connectivity index (χ2n) is 3.73. The molecule has 0 aliphatic carbocycles. The lowest BCUT2D eigenvalue weighted by atomic mass is 10.2. The number of aromatic nitrogens is 1. The summed E-state index contributed by atoms with van der Waals surface area (Å²) in [4.78, 5) is 0. The molecule has 0 saturated carbocycles. The van der Waals surface area contributed by atoms with Gasteiger partial charge < -0.3 is 9.84 Å². The van der Waals surface area contributed by atoms with Gasteiger partial charge in [0.1, 0.15) is 5.69 Å². The molecule has 102 valence electrons. The summed E-state index contributed by atoms with van der Waals surface area (Å²) in [5, 5.41) is 5.60. The smallest absolute Gasteiger partial charge is 0.200 e. The lowest BCUT2D eigenvalue weighted by Gasteiger charge is -2.09. The Morgan fingerprint density at radius 1 is 1.00 bits per heavy atom. The molecular formula is C11H7F5N2O. The Morgan fingerprint density at radius 3 is 2.00 bits per heavy atom. The molecule has 8 heteroatoms. The van der Waals surface area contributed by atoms with Crippen molar-refractivity contribution in [2.75, 3.05) is 5.32 Å². The lowest BCUT2D eigenvalue weighted by Crippen LogP contribution is -2.09. The maximum absolute atomic E-state index is 13.3. The molecule has 0 atom stereocenters. The molecule has 2 rings (SSSR count). The van der Waals surface area contributed by atoms with Crippen molar-refractivity contribution in [3.8, 4) is 0 Å². The van der Waals surface area contributed by atoms with Gasteiger partial charge in [0.25, 0.3) is 0 Å². The summed E-state index contributed by atoms with van der Waals surface area (Å²) in [5.74, 6) is -9.86. The third-order valence-corrected chi connectivity index (χ3v) is 2.33. The number of hydrogen-bond acceptors (Lipinski definition) is 3. The number of rotatable bonds is 3. The van der Waals surface area contributed by atoms with Crippen LogP contribution in [0, 0.1) is 36.0 Å². The van der Waals surface area contributed by atoms with Gasteiger partial charge in [-0.1, -0.05) is 5.16 Å². The largest absolute Gasteiger partial charge is 0.373 e. The molecule has 3 nitrogen and oxygen atoms in total. The molecule has 0 unspecified atom stereocenters. The molecule has 0 amide bonds. The minimum absolute atomic E-state index is 0.196. The number of nitrogens with zero attached hydrogens (tertiary/aromatic N) is 1. The van der Waals surface area contributed by atoms with E-state index in [1.54, 1.807) is 6.92 Å². The van der Waals surface area contributed by atoms with E-state index in [1.807, 2.05) is 0 Å². The molecule has 1 N–H and O–H groups in total. The van der Waals surface area contributed by atoms with Gasteiger partial charge in [-0.2, -0.15) is 0 Å². The van der Waals surface area contributed by atoms with E-state index in [-0.39, 0.29) is 12.3 Å². The van der Waals surface area contributed by atoms with Crippen molar-refractivity contribution in [2.45, 2.75) is 13.5 Å². The fourth-order valence-corrected chi connectivity index (χ4v) is 1.44. The van der Waals surface area contributed by atoms with Crippen LogP contribution in [-0.2, 0) is 6.54 Å². The Hall–Kier alpha value is -2.12. The molecule has 19 heavy (non-hydrogen) atoms. The first-order valence-electron chi connectivity index (χ1n) is 5.09. The molecule has 1 heterocycles. The van der Waals surface area contributed by atoms with Crippen LogP contribution in [0.25, 0.3) is 0 Å². The van der Waals surface area contributed by atoms with Crippen LogP contribution in [0.1, 0.15) is 11.5 Å². The first-order chi connectivity index (χ1) is 8.91. The number of aryl methyl sites for hydroxylation is 1. The summed E-state index contributed by atoms with van der Waals surface area (Å²) in [6, 6.07) is 1.46. The summed E-state index contributed by atoms with van der Waals surface area (Å²) in [5.41, 5.74) is -0.584. The van der Waals surface area contributed by atoms with Gasteiger partial charge in [0, 0.05) is 6.07 Å². The van der Waals surface area contributed by atoms with Crippen LogP contribution < -0.4 is 5.32 Å². The fourth-order valence-electron chi connectivity index (χ4n) is 1.44. The van der Waals surface area contributed by atoms with Crippen LogP contribution in [0.15, 0.2) is 10.6 Å². The Bertz CT molecular complexity index is 597. The predicted molar refractivity (Wildman–Crippen MR) is 54.8 cm³/mol. The SMILES string of the molecule is Cc1cc(CNc2c(F)c(F)c(F)c(F)c2F)on1. The maximum atomic E-state index is 13.3. The highest BCUT2D eigenvalue weighted by molar-refractivity contribution is 5.47. The lowest BCUT2D eigenvalue weighted by molar-refractivity contribution is 0.376. The molecule has 0 spiro atoms. The average Bonchev–Trinajstić information content (AvgIpc) is 2.80. The summed E-state index contributed by atoms with van der Waals surface area (Å²) >= 11 is 0. The van der Waals surface area contributed by atoms with E-state index in [0.717, 1.165) is 0 Å². The summed E-state index contributed by atoms with van der Waals surface area (Å²) in [7, 11) is 0. The van der Waals surface area contributed by atoms with E-state index in [4.69, 9.17) is 4.52 Å². The van der Waals surface area contributed by atoms with Gasteiger partial charge in [-0.25, -0.2) is 22.0 Å². The Balaban J connectivity index is 2.30. The molecular weight excluding hydrogens is 271 g/mol. The van der Waals surface area contributed by atoms with E-state index in [2.05, 4.69) is 10.5 Å². The van der Waals surface area contributed by atoms with E-state index in [1.165, 1.54) is 6.07 Å². The maximum Gasteiger partial charge on any atom is 0.200 e. The van der Waals surface area contributed by atoms with Crippen LogP contribution in [-0.4, -0.2) is 5.16 Å². The van der Waals surface area contributed by atoms with E-state index in [9.17, 15) is 22.0 Å². The zero-order valence-corrected chi connectivity index (χ0v) is 9.53. The van der Waals surface area contributed by atoms with E-state index >= 15 is 0 Å². The van der Waals surface area contributed by atoms with Gasteiger partial charge >= 0.3 is 0 Å². The van der Waals surface area contributed by atoms with Crippen molar-refractivity contribution in [1.29, 1.82) is 0 Å². The highest BCUT2D eigenvalue weighted by Gasteiger charge is 2.25. The van der Waals surface area contributed by atoms with Gasteiger partial charge in [0.05, 0.1) is 12.2 Å². The van der Waals surface area contributed by atoms with Crippen molar-refractivity contribution in [2.24, 2.45) is 0 Å². The first-order valence-corrected chi connectivity index (χ1v) is 5.09. The van der Waals surface area contributed by atoms with Gasteiger partial charge in [0.2, 0.25) is 5.82 Å². The van der Waals surface area contributed by atoms with Gasteiger partial charge in [-0.15, -0.1) is 0 Å². The molecule has 1 aromatic carbocycles. The van der Waals surface area contributed by atoms with Crippen molar-refractivity contribution in [1.82, 2.24) is 5.16 Å². The normalized spacial score (nSPS) is 10.8. The molecule has 0 bridgehead atoms. The van der Waals surface area contributed by atoms with Crippen LogP contribution in [0.4, 0.5) is 27.6 Å². The number of halogens is 5. The second kappa shape index (κ2) is 4.87. The molecule has 0 fully saturated rings. The number of benzene rings is 1. The third kappa shape index (κ3) is 2.38. The van der Waals surface area contributed by atoms with Gasteiger partial charge in [-0.3, -0.25) is 0 Å². The topological polar surface area (TPSA) is 38.1 Å². The minimum atomic E-state index is -2.20. The van der Waals surface area contributed by atoms with Crippen LogP contribution >= 0.6 is 0 Å². The molecule has 0 radical (unpaired) electrons. The molecule has 2 aromatic rings. The van der Waals surface area contributed by atoms with Gasteiger partial charge in [-0.05, 0) is 6.92 Å². The second-order valence-corrected chi connectivity index (χ2v) is 3.73. The molecule has 0 saturated heterocycles. The number of anilines is 1. The summed E-state index contributed by atoms with van der Waals surface area (Å²) in [6.07, 6.45) is 0. The zero-order chi connectivity index (χ0) is 14.2. The van der Waals surface area contributed by atoms with Crippen molar-refractivity contribution in [3.05, 3.63) is 46.6 Å². The Kier molecular flexibility index (Phi) is 3.41. The molecule has 0 aliphatic heterocycles. The van der Waals surface area contributed by atoms with Crippen molar-refractivity contribution in [3.63, 3.8) is 0 Å². The predicted octanol–water partition coefficient (Wildman–Crippen LogP) is 3.29. The quantitative estimate of drug-likeness (QED) is 0.532. The monoisotopic (exact) mass is 278 g/mol. The van der Waals surface area contributed by atoms with Crippen molar-refractivity contribution >= 4 is 5.69 Å². The third-order valence-electron chi connectivity index (χ3n) is 2.33. The average molecular weight is 278 g/mol. The highest BCUT2D eigenvalue weighted by atomic mass is 19.2. The highest BCUT2D eigenvalue weighted by Crippen LogP contribution is 2.27.